The molecule has 0 aliphatic heterocycles. The van der Waals surface area contributed by atoms with Gasteiger partial charge in [0.05, 0.1) is 7.11 Å². The van der Waals surface area contributed by atoms with E-state index in [1.54, 1.807) is 7.11 Å². The molecule has 2 heteroatoms. The van der Waals surface area contributed by atoms with Gasteiger partial charge in [-0.15, -0.1) is 0 Å². The first kappa shape index (κ1) is 12.4. The molecule has 0 heterocycles. The molecule has 1 aliphatic rings. The van der Waals surface area contributed by atoms with Crippen LogP contribution in [0.15, 0.2) is 18.2 Å². The zero-order valence-electron chi connectivity index (χ0n) is 11.1. The number of nitrogens with one attached hydrogen (secondary N) is 1. The fourth-order valence-electron chi connectivity index (χ4n) is 2.91. The van der Waals surface area contributed by atoms with Gasteiger partial charge in [0.2, 0.25) is 0 Å². The molecule has 0 saturated heterocycles. The van der Waals surface area contributed by atoms with Crippen LogP contribution in [0, 0.1) is 6.92 Å². The summed E-state index contributed by atoms with van der Waals surface area (Å²) < 4.78 is 5.50. The molecule has 0 aromatic heterocycles. The van der Waals surface area contributed by atoms with Gasteiger partial charge >= 0.3 is 0 Å². The van der Waals surface area contributed by atoms with Gasteiger partial charge in [-0.3, -0.25) is 0 Å². The summed E-state index contributed by atoms with van der Waals surface area (Å²) in [6, 6.07) is 7.19. The summed E-state index contributed by atoms with van der Waals surface area (Å²) in [5.74, 6) is 1.70. The third-order valence-electron chi connectivity index (χ3n) is 3.91. The number of hydrogen-bond donors (Lipinski definition) is 1. The van der Waals surface area contributed by atoms with Gasteiger partial charge in [0.1, 0.15) is 5.75 Å². The Morgan fingerprint density at radius 3 is 2.82 bits per heavy atom. The van der Waals surface area contributed by atoms with Crippen LogP contribution in [0.5, 0.6) is 5.75 Å². The van der Waals surface area contributed by atoms with E-state index in [0.717, 1.165) is 5.75 Å². The van der Waals surface area contributed by atoms with Gasteiger partial charge in [0.15, 0.2) is 0 Å². The molecule has 0 radical (unpaired) electrons. The maximum absolute atomic E-state index is 5.50. The van der Waals surface area contributed by atoms with E-state index in [9.17, 15) is 0 Å². The molecule has 0 bridgehead atoms. The van der Waals surface area contributed by atoms with Crippen molar-refractivity contribution in [3.05, 3.63) is 29.3 Å². The molecule has 0 amide bonds. The highest BCUT2D eigenvalue weighted by Crippen LogP contribution is 2.37. The van der Waals surface area contributed by atoms with Gasteiger partial charge in [-0.25, -0.2) is 0 Å². The highest BCUT2D eigenvalue weighted by atomic mass is 16.5. The van der Waals surface area contributed by atoms with Crippen molar-refractivity contribution in [1.82, 2.24) is 5.32 Å². The first-order valence-electron chi connectivity index (χ1n) is 6.56. The Kier molecular flexibility index (Phi) is 4.06. The van der Waals surface area contributed by atoms with Crippen LogP contribution in [-0.2, 0) is 0 Å². The Bertz CT molecular complexity index is 375. The molecule has 0 spiro atoms. The van der Waals surface area contributed by atoms with E-state index < -0.39 is 0 Å². The number of benzene rings is 1. The maximum atomic E-state index is 5.50. The van der Waals surface area contributed by atoms with Gasteiger partial charge in [-0.2, -0.15) is 0 Å². The molecule has 17 heavy (non-hydrogen) atoms. The molecule has 1 N–H and O–H groups in total. The number of methoxy groups -OCH3 is 1. The minimum Gasteiger partial charge on any atom is -0.496 e. The molecule has 1 fully saturated rings. The van der Waals surface area contributed by atoms with Crippen molar-refractivity contribution < 1.29 is 4.74 Å². The number of aryl methyl sites for hydroxylation is 1. The van der Waals surface area contributed by atoms with Crippen LogP contribution in [-0.4, -0.2) is 20.2 Å². The highest BCUT2D eigenvalue weighted by Gasteiger charge is 2.24. The predicted octanol–water partition coefficient (Wildman–Crippen LogP) is 3.25. The lowest BCUT2D eigenvalue weighted by Crippen LogP contribution is -2.30. The maximum Gasteiger partial charge on any atom is 0.122 e. The fraction of sp³-hybridized carbons (Fsp3) is 0.600. The van der Waals surface area contributed by atoms with Gasteiger partial charge < -0.3 is 10.1 Å². The molecular weight excluding hydrogens is 210 g/mol. The van der Waals surface area contributed by atoms with E-state index in [1.165, 1.54) is 36.8 Å². The first-order chi connectivity index (χ1) is 8.24. The molecule has 2 unspecified atom stereocenters. The molecular formula is C15H23NO. The average molecular weight is 233 g/mol. The Balaban J connectivity index is 2.22. The number of ether oxygens (including phenoxy) is 1. The zero-order valence-corrected chi connectivity index (χ0v) is 11.1. The van der Waals surface area contributed by atoms with E-state index >= 15 is 0 Å². The minimum absolute atomic E-state index is 0.649. The largest absolute Gasteiger partial charge is 0.496 e. The molecule has 2 nitrogen and oxygen atoms in total. The van der Waals surface area contributed by atoms with Gasteiger partial charge in [0.25, 0.3) is 0 Å². The van der Waals surface area contributed by atoms with Crippen molar-refractivity contribution >= 4 is 0 Å². The second kappa shape index (κ2) is 5.54. The van der Waals surface area contributed by atoms with Gasteiger partial charge in [0, 0.05) is 6.04 Å². The monoisotopic (exact) mass is 233 g/mol. The van der Waals surface area contributed by atoms with Crippen LogP contribution in [0.1, 0.15) is 42.7 Å². The summed E-state index contributed by atoms with van der Waals surface area (Å²) in [7, 11) is 3.84. The predicted molar refractivity (Wildman–Crippen MR) is 71.8 cm³/mol. The van der Waals surface area contributed by atoms with Crippen molar-refractivity contribution in [2.24, 2.45) is 0 Å². The van der Waals surface area contributed by atoms with Crippen molar-refractivity contribution in [1.29, 1.82) is 0 Å². The molecule has 1 saturated carbocycles. The summed E-state index contributed by atoms with van der Waals surface area (Å²) in [5.41, 5.74) is 2.72. The Morgan fingerprint density at radius 1 is 1.29 bits per heavy atom. The Labute approximate surface area is 104 Å². The summed E-state index contributed by atoms with van der Waals surface area (Å²) in [4.78, 5) is 0. The third-order valence-corrected chi connectivity index (χ3v) is 3.91. The standard InChI is InChI=1S/C15H23NO/c1-11-7-8-15(17-3)14(9-11)12-5-4-6-13(10-12)16-2/h7-9,12-13,16H,4-6,10H2,1-3H3. The quantitative estimate of drug-likeness (QED) is 0.865. The highest BCUT2D eigenvalue weighted by molar-refractivity contribution is 5.39. The van der Waals surface area contributed by atoms with Crippen molar-refractivity contribution in [3.63, 3.8) is 0 Å². The Morgan fingerprint density at radius 2 is 2.12 bits per heavy atom. The second-order valence-corrected chi connectivity index (χ2v) is 5.09. The molecule has 1 aliphatic carbocycles. The second-order valence-electron chi connectivity index (χ2n) is 5.09. The summed E-state index contributed by atoms with van der Waals surface area (Å²) in [6.07, 6.45) is 5.14. The molecule has 2 rings (SSSR count). The topological polar surface area (TPSA) is 21.3 Å². The minimum atomic E-state index is 0.649. The summed E-state index contributed by atoms with van der Waals surface area (Å²) >= 11 is 0. The molecule has 1 aromatic carbocycles. The number of hydrogen-bond acceptors (Lipinski definition) is 2. The van der Waals surface area contributed by atoms with Crippen molar-refractivity contribution in [2.75, 3.05) is 14.2 Å². The van der Waals surface area contributed by atoms with E-state index in [4.69, 9.17) is 4.74 Å². The first-order valence-corrected chi connectivity index (χ1v) is 6.56. The molecule has 1 aromatic rings. The smallest absolute Gasteiger partial charge is 0.122 e. The Hall–Kier alpha value is -1.02. The van der Waals surface area contributed by atoms with Gasteiger partial charge in [-0.05, 0) is 50.8 Å². The van der Waals surface area contributed by atoms with Gasteiger partial charge in [-0.1, -0.05) is 24.1 Å². The summed E-state index contributed by atoms with van der Waals surface area (Å²) in [5, 5.41) is 3.41. The van der Waals surface area contributed by atoms with E-state index in [1.807, 2.05) is 0 Å². The SMILES string of the molecule is CNC1CCCC(c2cc(C)ccc2OC)C1. The lowest BCUT2D eigenvalue weighted by atomic mass is 9.80. The van der Waals surface area contributed by atoms with Crippen LogP contribution < -0.4 is 10.1 Å². The van der Waals surface area contributed by atoms with Crippen molar-refractivity contribution in [3.8, 4) is 5.75 Å². The molecule has 94 valence electrons. The lowest BCUT2D eigenvalue weighted by molar-refractivity contribution is 0.342. The zero-order chi connectivity index (χ0) is 12.3. The molecule has 2 atom stereocenters. The van der Waals surface area contributed by atoms with Crippen molar-refractivity contribution in [2.45, 2.75) is 44.6 Å². The number of rotatable bonds is 3. The van der Waals surface area contributed by atoms with E-state index in [0.29, 0.717) is 12.0 Å². The van der Waals surface area contributed by atoms with Crippen LogP contribution in [0.25, 0.3) is 0 Å². The lowest BCUT2D eigenvalue weighted by Gasteiger charge is -2.30. The van der Waals surface area contributed by atoms with E-state index in [2.05, 4.69) is 37.5 Å². The fourth-order valence-corrected chi connectivity index (χ4v) is 2.91. The normalized spacial score (nSPS) is 24.6. The van der Waals surface area contributed by atoms with Crippen LogP contribution in [0.3, 0.4) is 0 Å². The average Bonchev–Trinajstić information content (AvgIpc) is 2.39. The van der Waals surface area contributed by atoms with Crippen LogP contribution in [0.4, 0.5) is 0 Å². The third kappa shape index (κ3) is 2.81. The van der Waals surface area contributed by atoms with Crippen LogP contribution in [0.2, 0.25) is 0 Å². The van der Waals surface area contributed by atoms with E-state index in [-0.39, 0.29) is 0 Å². The van der Waals surface area contributed by atoms with Crippen LogP contribution >= 0.6 is 0 Å². The summed E-state index contributed by atoms with van der Waals surface area (Å²) in [6.45, 7) is 2.15.